The summed E-state index contributed by atoms with van der Waals surface area (Å²) in [5.74, 6) is -0.419. The minimum Gasteiger partial charge on any atom is -0.496 e. The van der Waals surface area contributed by atoms with E-state index in [2.05, 4.69) is 5.32 Å². The lowest BCUT2D eigenvalue weighted by Crippen LogP contribution is -2.49. The molecule has 1 aliphatic rings. The number of hydrogen-bond donors (Lipinski definition) is 2. The summed E-state index contributed by atoms with van der Waals surface area (Å²) in [5.41, 5.74) is 1.28. The molecule has 2 N–H and O–H groups in total. The first-order valence-electron chi connectivity index (χ1n) is 8.13. The zero-order valence-corrected chi connectivity index (χ0v) is 14.0. The Bertz CT molecular complexity index is 591. The van der Waals surface area contributed by atoms with Gasteiger partial charge in [-0.05, 0) is 43.4 Å². The second kappa shape index (κ2) is 7.02. The highest BCUT2D eigenvalue weighted by Crippen LogP contribution is 2.42. The average Bonchev–Trinajstić information content (AvgIpc) is 3.03. The van der Waals surface area contributed by atoms with Crippen molar-refractivity contribution in [2.45, 2.75) is 57.4 Å². The monoisotopic (exact) mass is 319 g/mol. The molecule has 1 fully saturated rings. The summed E-state index contributed by atoms with van der Waals surface area (Å²) in [7, 11) is 1.62. The molecule has 2 rings (SSSR count). The molecule has 1 atom stereocenters. The standard InChI is InChI=1S/C18H25NO4/c1-4-14(16(20)21)19-17(22)18(9-5-6-10-18)13-8-7-12(2)15(11-13)23-3/h7-8,11,14H,4-6,9-10H2,1-3H3,(H,19,22)(H,20,21). The molecule has 1 unspecified atom stereocenters. The van der Waals surface area contributed by atoms with E-state index in [0.717, 1.165) is 42.6 Å². The summed E-state index contributed by atoms with van der Waals surface area (Å²) in [4.78, 5) is 24.1. The van der Waals surface area contributed by atoms with Crippen molar-refractivity contribution in [3.8, 4) is 5.75 Å². The molecule has 0 aromatic heterocycles. The molecular weight excluding hydrogens is 294 g/mol. The molecule has 0 spiro atoms. The lowest BCUT2D eigenvalue weighted by atomic mass is 9.77. The van der Waals surface area contributed by atoms with Crippen LogP contribution in [0.2, 0.25) is 0 Å². The van der Waals surface area contributed by atoms with E-state index in [9.17, 15) is 14.7 Å². The van der Waals surface area contributed by atoms with E-state index in [1.54, 1.807) is 14.0 Å². The maximum Gasteiger partial charge on any atom is 0.326 e. The number of rotatable bonds is 6. The van der Waals surface area contributed by atoms with E-state index in [4.69, 9.17) is 4.74 Å². The van der Waals surface area contributed by atoms with Gasteiger partial charge in [0.05, 0.1) is 12.5 Å². The number of nitrogens with one attached hydrogen (secondary N) is 1. The highest BCUT2D eigenvalue weighted by atomic mass is 16.5. The molecule has 1 saturated carbocycles. The topological polar surface area (TPSA) is 75.6 Å². The Balaban J connectivity index is 2.36. The predicted molar refractivity (Wildman–Crippen MR) is 87.7 cm³/mol. The van der Waals surface area contributed by atoms with Gasteiger partial charge in [-0.15, -0.1) is 0 Å². The fourth-order valence-corrected chi connectivity index (χ4v) is 3.38. The Morgan fingerprint density at radius 1 is 1.35 bits per heavy atom. The van der Waals surface area contributed by atoms with Gasteiger partial charge in [0.2, 0.25) is 5.91 Å². The summed E-state index contributed by atoms with van der Waals surface area (Å²) in [5, 5.41) is 11.9. The van der Waals surface area contributed by atoms with Crippen LogP contribution in [0, 0.1) is 6.92 Å². The number of hydrogen-bond acceptors (Lipinski definition) is 3. The predicted octanol–water partition coefficient (Wildman–Crippen LogP) is 2.79. The van der Waals surface area contributed by atoms with Crippen molar-refractivity contribution in [3.63, 3.8) is 0 Å². The van der Waals surface area contributed by atoms with Crippen LogP contribution in [0.5, 0.6) is 5.75 Å². The van der Waals surface area contributed by atoms with Gasteiger partial charge in [-0.1, -0.05) is 31.9 Å². The van der Waals surface area contributed by atoms with E-state index >= 15 is 0 Å². The maximum absolute atomic E-state index is 12.9. The van der Waals surface area contributed by atoms with Crippen LogP contribution in [0.15, 0.2) is 18.2 Å². The van der Waals surface area contributed by atoms with Crippen molar-refractivity contribution in [1.82, 2.24) is 5.32 Å². The van der Waals surface area contributed by atoms with Gasteiger partial charge in [0.1, 0.15) is 11.8 Å². The number of methoxy groups -OCH3 is 1. The van der Waals surface area contributed by atoms with Crippen LogP contribution >= 0.6 is 0 Å². The summed E-state index contributed by atoms with van der Waals surface area (Å²) in [6.45, 7) is 3.72. The highest BCUT2D eigenvalue weighted by Gasteiger charge is 2.44. The summed E-state index contributed by atoms with van der Waals surface area (Å²) >= 11 is 0. The first-order chi connectivity index (χ1) is 10.9. The van der Waals surface area contributed by atoms with Crippen molar-refractivity contribution in [1.29, 1.82) is 0 Å². The van der Waals surface area contributed by atoms with Gasteiger partial charge in [0.15, 0.2) is 0 Å². The summed E-state index contributed by atoms with van der Waals surface area (Å²) in [6, 6.07) is 5.00. The molecule has 1 aromatic carbocycles. The third kappa shape index (κ3) is 3.33. The van der Waals surface area contributed by atoms with Gasteiger partial charge >= 0.3 is 5.97 Å². The van der Waals surface area contributed by atoms with Gasteiger partial charge in [-0.3, -0.25) is 4.79 Å². The van der Waals surface area contributed by atoms with E-state index in [1.165, 1.54) is 0 Å². The van der Waals surface area contributed by atoms with Crippen LogP contribution in [-0.4, -0.2) is 30.1 Å². The number of carbonyl (C=O) groups excluding carboxylic acids is 1. The number of ether oxygens (including phenoxy) is 1. The summed E-state index contributed by atoms with van der Waals surface area (Å²) in [6.07, 6.45) is 3.78. The zero-order valence-electron chi connectivity index (χ0n) is 14.0. The van der Waals surface area contributed by atoms with Gasteiger partial charge in [0, 0.05) is 0 Å². The molecule has 0 aliphatic heterocycles. The van der Waals surface area contributed by atoms with Gasteiger partial charge in [0.25, 0.3) is 0 Å². The Hall–Kier alpha value is -2.04. The molecular formula is C18H25NO4. The van der Waals surface area contributed by atoms with E-state index in [0.29, 0.717) is 6.42 Å². The fraction of sp³-hybridized carbons (Fsp3) is 0.556. The number of carboxylic acid groups (broad SMARTS) is 1. The molecule has 0 radical (unpaired) electrons. The van der Waals surface area contributed by atoms with Crippen LogP contribution < -0.4 is 10.1 Å². The molecule has 5 nitrogen and oxygen atoms in total. The second-order valence-electron chi connectivity index (χ2n) is 6.25. The molecule has 1 aromatic rings. The molecule has 0 heterocycles. The average molecular weight is 319 g/mol. The Morgan fingerprint density at radius 2 is 2.00 bits per heavy atom. The molecule has 126 valence electrons. The maximum atomic E-state index is 12.9. The van der Waals surface area contributed by atoms with Crippen molar-refractivity contribution in [3.05, 3.63) is 29.3 Å². The van der Waals surface area contributed by atoms with Crippen LogP contribution in [0.4, 0.5) is 0 Å². The highest BCUT2D eigenvalue weighted by molar-refractivity contribution is 5.92. The summed E-state index contributed by atoms with van der Waals surface area (Å²) < 4.78 is 5.38. The first-order valence-corrected chi connectivity index (χ1v) is 8.13. The van der Waals surface area contributed by atoms with Gasteiger partial charge in [-0.25, -0.2) is 4.79 Å². The fourth-order valence-electron chi connectivity index (χ4n) is 3.38. The normalized spacial score (nSPS) is 17.5. The number of amides is 1. The minimum atomic E-state index is -0.990. The second-order valence-corrected chi connectivity index (χ2v) is 6.25. The van der Waals surface area contributed by atoms with Crippen LogP contribution in [0.25, 0.3) is 0 Å². The Morgan fingerprint density at radius 3 is 2.52 bits per heavy atom. The largest absolute Gasteiger partial charge is 0.496 e. The van der Waals surface area contributed by atoms with E-state index in [-0.39, 0.29) is 5.91 Å². The van der Waals surface area contributed by atoms with Crippen LogP contribution in [-0.2, 0) is 15.0 Å². The molecule has 23 heavy (non-hydrogen) atoms. The van der Waals surface area contributed by atoms with Crippen molar-refractivity contribution in [2.24, 2.45) is 0 Å². The van der Waals surface area contributed by atoms with Crippen LogP contribution in [0.1, 0.15) is 50.2 Å². The van der Waals surface area contributed by atoms with Gasteiger partial charge in [-0.2, -0.15) is 0 Å². The van der Waals surface area contributed by atoms with Crippen molar-refractivity contribution < 1.29 is 19.4 Å². The lowest BCUT2D eigenvalue weighted by molar-refractivity contribution is -0.142. The molecule has 0 saturated heterocycles. The number of benzene rings is 1. The number of carboxylic acids is 1. The first kappa shape index (κ1) is 17.3. The molecule has 5 heteroatoms. The number of aliphatic carboxylic acids is 1. The van der Waals surface area contributed by atoms with Crippen molar-refractivity contribution in [2.75, 3.05) is 7.11 Å². The van der Waals surface area contributed by atoms with E-state index in [1.807, 2.05) is 25.1 Å². The Labute approximate surface area is 137 Å². The minimum absolute atomic E-state index is 0.185. The molecule has 1 amide bonds. The van der Waals surface area contributed by atoms with Crippen molar-refractivity contribution >= 4 is 11.9 Å². The SMILES string of the molecule is CCC(NC(=O)C1(c2ccc(C)c(OC)c2)CCCC1)C(=O)O. The van der Waals surface area contributed by atoms with Crippen LogP contribution in [0.3, 0.4) is 0 Å². The third-order valence-electron chi connectivity index (χ3n) is 4.86. The lowest BCUT2D eigenvalue weighted by Gasteiger charge is -2.30. The molecule has 1 aliphatic carbocycles. The van der Waals surface area contributed by atoms with E-state index < -0.39 is 17.4 Å². The number of carbonyl (C=O) groups is 2. The smallest absolute Gasteiger partial charge is 0.326 e. The molecule has 0 bridgehead atoms. The Kier molecular flexibility index (Phi) is 5.29. The van der Waals surface area contributed by atoms with Gasteiger partial charge < -0.3 is 15.2 Å². The third-order valence-corrected chi connectivity index (χ3v) is 4.86. The number of aryl methyl sites for hydroxylation is 1. The zero-order chi connectivity index (χ0) is 17.0. The quantitative estimate of drug-likeness (QED) is 0.845.